The molecule has 6 nitrogen and oxygen atoms in total. The number of amides is 3. The van der Waals surface area contributed by atoms with E-state index in [1.54, 1.807) is 18.2 Å². The van der Waals surface area contributed by atoms with E-state index in [1.807, 2.05) is 0 Å². The van der Waals surface area contributed by atoms with Crippen molar-refractivity contribution in [2.45, 2.75) is 6.42 Å². The largest absolute Gasteiger partial charge is 0.369 e. The Morgan fingerprint density at radius 1 is 1.36 bits per heavy atom. The quantitative estimate of drug-likeness (QED) is 0.608. The number of carbonyl (C=O) groups excluding carboxylic acids is 2. The zero-order chi connectivity index (χ0) is 10.6. The maximum Gasteiger partial charge on any atom is 0.317 e. The number of hydrogen-bond donors (Lipinski definition) is 3. The molecule has 0 saturated carbocycles. The van der Waals surface area contributed by atoms with Gasteiger partial charge in [0, 0.05) is 0 Å². The van der Waals surface area contributed by atoms with Crippen LogP contribution in [0.15, 0.2) is 18.2 Å². The first kappa shape index (κ1) is 9.97. The monoisotopic (exact) mass is 194 g/mol. The van der Waals surface area contributed by atoms with Crippen LogP contribution in [-0.4, -0.2) is 16.9 Å². The van der Waals surface area contributed by atoms with Gasteiger partial charge in [-0.1, -0.05) is 6.07 Å². The number of anilines is 1. The number of pyridine rings is 1. The molecule has 0 saturated heterocycles. The van der Waals surface area contributed by atoms with Gasteiger partial charge < -0.3 is 11.5 Å². The average molecular weight is 194 g/mol. The summed E-state index contributed by atoms with van der Waals surface area (Å²) in [6.07, 6.45) is 0.0360. The minimum absolute atomic E-state index is 0.0360. The van der Waals surface area contributed by atoms with Crippen LogP contribution in [0.25, 0.3) is 0 Å². The molecular weight excluding hydrogens is 184 g/mol. The summed E-state index contributed by atoms with van der Waals surface area (Å²) in [6.45, 7) is 0. The van der Waals surface area contributed by atoms with E-state index >= 15 is 0 Å². The molecule has 6 heteroatoms. The molecule has 0 radical (unpaired) electrons. The van der Waals surface area contributed by atoms with Gasteiger partial charge in [-0.25, -0.2) is 9.78 Å². The van der Waals surface area contributed by atoms with E-state index < -0.39 is 11.9 Å². The number of rotatable bonds is 3. The molecule has 0 aliphatic heterocycles. The fourth-order valence-electron chi connectivity index (χ4n) is 0.952. The first-order chi connectivity index (χ1) is 6.58. The molecule has 0 bridgehead atoms. The number of primary amides is 2. The van der Waals surface area contributed by atoms with Crippen LogP contribution >= 0.6 is 0 Å². The highest BCUT2D eigenvalue weighted by atomic mass is 16.2. The van der Waals surface area contributed by atoms with Crippen LogP contribution in [0.2, 0.25) is 0 Å². The van der Waals surface area contributed by atoms with E-state index in [0.29, 0.717) is 11.5 Å². The molecule has 14 heavy (non-hydrogen) atoms. The van der Waals surface area contributed by atoms with Crippen molar-refractivity contribution in [2.24, 2.45) is 11.5 Å². The number of aromatic nitrogens is 1. The molecule has 0 aliphatic carbocycles. The van der Waals surface area contributed by atoms with E-state index in [0.717, 1.165) is 0 Å². The summed E-state index contributed by atoms with van der Waals surface area (Å²) in [6, 6.07) is 4.15. The number of nitrogens with two attached hydrogens (primary N) is 2. The fourth-order valence-corrected chi connectivity index (χ4v) is 0.952. The maximum atomic E-state index is 10.6. The number of urea groups is 1. The minimum atomic E-state index is -0.700. The first-order valence-corrected chi connectivity index (χ1v) is 3.88. The minimum Gasteiger partial charge on any atom is -0.369 e. The lowest BCUT2D eigenvalue weighted by molar-refractivity contribution is -0.117. The van der Waals surface area contributed by atoms with Gasteiger partial charge in [0.15, 0.2) is 0 Å². The fraction of sp³-hybridized carbons (Fsp3) is 0.125. The molecule has 1 rings (SSSR count). The molecule has 0 atom stereocenters. The molecule has 3 amide bonds. The standard InChI is InChI=1S/C8H10N4O2/c9-6(13)4-5-2-1-3-7(11-5)12-8(10)14/h1-3H,4H2,(H2,9,13)(H3,10,11,12,14). The third-order valence-electron chi connectivity index (χ3n) is 1.41. The Bertz CT molecular complexity index is 333. The maximum absolute atomic E-state index is 10.6. The predicted octanol–water partition coefficient (Wildman–Crippen LogP) is -0.400. The molecule has 74 valence electrons. The second kappa shape index (κ2) is 4.22. The molecule has 0 aliphatic rings. The highest BCUT2D eigenvalue weighted by Gasteiger charge is 2.02. The smallest absolute Gasteiger partial charge is 0.317 e. The molecule has 0 spiro atoms. The van der Waals surface area contributed by atoms with Crippen molar-refractivity contribution in [2.75, 3.05) is 5.32 Å². The zero-order valence-corrected chi connectivity index (χ0v) is 7.36. The van der Waals surface area contributed by atoms with E-state index in [-0.39, 0.29) is 6.42 Å². The van der Waals surface area contributed by atoms with Gasteiger partial charge in [0.1, 0.15) is 5.82 Å². The van der Waals surface area contributed by atoms with Gasteiger partial charge in [0.25, 0.3) is 0 Å². The van der Waals surface area contributed by atoms with E-state index in [9.17, 15) is 9.59 Å². The van der Waals surface area contributed by atoms with E-state index in [1.165, 1.54) is 0 Å². The van der Waals surface area contributed by atoms with Crippen molar-refractivity contribution < 1.29 is 9.59 Å². The summed E-state index contributed by atoms with van der Waals surface area (Å²) in [5.41, 5.74) is 10.4. The lowest BCUT2D eigenvalue weighted by Crippen LogP contribution is -2.21. The second-order valence-corrected chi connectivity index (χ2v) is 2.65. The number of nitrogens with zero attached hydrogens (tertiary/aromatic N) is 1. The molecule has 0 unspecified atom stereocenters. The van der Waals surface area contributed by atoms with Crippen molar-refractivity contribution in [1.29, 1.82) is 0 Å². The summed E-state index contributed by atoms with van der Waals surface area (Å²) < 4.78 is 0. The average Bonchev–Trinajstić information content (AvgIpc) is 2.01. The van der Waals surface area contributed by atoms with Crippen molar-refractivity contribution in [3.8, 4) is 0 Å². The third-order valence-corrected chi connectivity index (χ3v) is 1.41. The number of hydrogen-bond acceptors (Lipinski definition) is 3. The third kappa shape index (κ3) is 3.10. The Labute approximate surface area is 80.3 Å². The van der Waals surface area contributed by atoms with Gasteiger partial charge >= 0.3 is 6.03 Å². The van der Waals surface area contributed by atoms with Crippen LogP contribution in [0.1, 0.15) is 5.69 Å². The van der Waals surface area contributed by atoms with Crippen molar-refractivity contribution in [1.82, 2.24) is 4.98 Å². The highest BCUT2D eigenvalue weighted by Crippen LogP contribution is 2.04. The highest BCUT2D eigenvalue weighted by molar-refractivity contribution is 5.86. The molecule has 5 N–H and O–H groups in total. The van der Waals surface area contributed by atoms with Crippen LogP contribution in [0.5, 0.6) is 0 Å². The molecule has 1 heterocycles. The van der Waals surface area contributed by atoms with Crippen molar-refractivity contribution in [3.63, 3.8) is 0 Å². The number of nitrogens with one attached hydrogen (secondary N) is 1. The molecular formula is C8H10N4O2. The molecule has 0 aromatic carbocycles. The summed E-state index contributed by atoms with van der Waals surface area (Å²) in [4.78, 5) is 25.0. The van der Waals surface area contributed by atoms with E-state index in [4.69, 9.17) is 11.5 Å². The van der Waals surface area contributed by atoms with E-state index in [2.05, 4.69) is 10.3 Å². The van der Waals surface area contributed by atoms with Crippen LogP contribution in [0, 0.1) is 0 Å². The van der Waals surface area contributed by atoms with Crippen LogP contribution in [-0.2, 0) is 11.2 Å². The summed E-state index contributed by atoms with van der Waals surface area (Å²) in [7, 11) is 0. The second-order valence-electron chi connectivity index (χ2n) is 2.65. The van der Waals surface area contributed by atoms with Crippen LogP contribution in [0.4, 0.5) is 10.6 Å². The molecule has 0 fully saturated rings. The topological polar surface area (TPSA) is 111 Å². The van der Waals surface area contributed by atoms with Crippen LogP contribution in [0.3, 0.4) is 0 Å². The Balaban J connectivity index is 2.78. The van der Waals surface area contributed by atoms with Crippen LogP contribution < -0.4 is 16.8 Å². The predicted molar refractivity (Wildman–Crippen MR) is 50.3 cm³/mol. The zero-order valence-electron chi connectivity index (χ0n) is 7.36. The molecule has 1 aromatic heterocycles. The normalized spacial score (nSPS) is 9.43. The lowest BCUT2D eigenvalue weighted by Gasteiger charge is -2.02. The van der Waals surface area contributed by atoms with Gasteiger partial charge in [-0.15, -0.1) is 0 Å². The first-order valence-electron chi connectivity index (χ1n) is 3.88. The molecule has 1 aromatic rings. The summed E-state index contributed by atoms with van der Waals surface area (Å²) in [5.74, 6) is -0.176. The SMILES string of the molecule is NC(=O)Cc1cccc(NC(N)=O)n1. The Kier molecular flexibility index (Phi) is 3.01. The Hall–Kier alpha value is -2.11. The Morgan fingerprint density at radius 2 is 2.07 bits per heavy atom. The van der Waals surface area contributed by atoms with Gasteiger partial charge in [0.2, 0.25) is 5.91 Å². The van der Waals surface area contributed by atoms with Gasteiger partial charge in [-0.3, -0.25) is 10.1 Å². The van der Waals surface area contributed by atoms with Crippen molar-refractivity contribution in [3.05, 3.63) is 23.9 Å². The van der Waals surface area contributed by atoms with Gasteiger partial charge in [-0.2, -0.15) is 0 Å². The lowest BCUT2D eigenvalue weighted by atomic mass is 10.2. The summed E-state index contributed by atoms with van der Waals surface area (Å²) in [5, 5.41) is 2.29. The van der Waals surface area contributed by atoms with Gasteiger partial charge in [0.05, 0.1) is 12.1 Å². The Morgan fingerprint density at radius 3 is 2.64 bits per heavy atom. The van der Waals surface area contributed by atoms with Crippen molar-refractivity contribution >= 4 is 17.8 Å². The van der Waals surface area contributed by atoms with Gasteiger partial charge in [-0.05, 0) is 12.1 Å². The summed E-state index contributed by atoms with van der Waals surface area (Å²) >= 11 is 0. The number of carbonyl (C=O) groups is 2.